The third-order valence-corrected chi connectivity index (χ3v) is 4.62. The van der Waals surface area contributed by atoms with Crippen LogP contribution in [0.3, 0.4) is 0 Å². The minimum Gasteiger partial charge on any atom is -0.359 e. The number of allylic oxidation sites excluding steroid dienone is 2. The summed E-state index contributed by atoms with van der Waals surface area (Å²) in [6.45, 7) is 4.27. The Morgan fingerprint density at radius 2 is 2.35 bits per heavy atom. The number of H-pyrrole nitrogens is 1. The molecule has 1 aliphatic heterocycles. The van der Waals surface area contributed by atoms with Gasteiger partial charge in [-0.1, -0.05) is 29.8 Å². The molecule has 0 bridgehead atoms. The van der Waals surface area contributed by atoms with E-state index in [1.807, 2.05) is 0 Å². The van der Waals surface area contributed by atoms with Crippen molar-refractivity contribution in [3.63, 3.8) is 0 Å². The molecule has 1 aromatic heterocycles. The Morgan fingerprint density at radius 3 is 2.94 bits per heavy atom. The van der Waals surface area contributed by atoms with Gasteiger partial charge in [-0.05, 0) is 31.2 Å². The molecule has 0 saturated carbocycles. The number of hydrogen-bond donors (Lipinski definition) is 2. The zero-order chi connectivity index (χ0) is 12.4. The molecule has 0 amide bonds. The lowest BCUT2D eigenvalue weighted by Gasteiger charge is -2.16. The van der Waals surface area contributed by atoms with Gasteiger partial charge in [0, 0.05) is 11.1 Å². The van der Waals surface area contributed by atoms with Crippen LogP contribution >= 0.6 is 11.8 Å². The molecule has 0 saturated heterocycles. The summed E-state index contributed by atoms with van der Waals surface area (Å²) in [5.74, 6) is 0. The second-order valence-electron chi connectivity index (χ2n) is 4.04. The summed E-state index contributed by atoms with van der Waals surface area (Å²) < 4.78 is 20.0. The van der Waals surface area contributed by atoms with Crippen molar-refractivity contribution in [1.82, 2.24) is 4.98 Å². The van der Waals surface area contributed by atoms with Crippen LogP contribution in [0.5, 0.6) is 0 Å². The number of hydrogen-bond acceptors (Lipinski definition) is 2. The molecular formula is C12H15NO2S2. The summed E-state index contributed by atoms with van der Waals surface area (Å²) in [4.78, 5) is 4.69. The van der Waals surface area contributed by atoms with E-state index in [9.17, 15) is 4.21 Å². The standard InChI is InChI=1S/C12H15NO2S2/c1-3-9-4-8(2)7-16-12(9)11-5-10(6-13-11)17(14)15/h5-7,13H,3-4H2,1-2H3,(H,14,15). The van der Waals surface area contributed by atoms with Crippen LogP contribution in [0.1, 0.15) is 32.4 Å². The van der Waals surface area contributed by atoms with E-state index in [-0.39, 0.29) is 0 Å². The molecule has 17 heavy (non-hydrogen) atoms. The summed E-state index contributed by atoms with van der Waals surface area (Å²) in [7, 11) is 0. The van der Waals surface area contributed by atoms with Gasteiger partial charge in [-0.2, -0.15) is 0 Å². The predicted octanol–water partition coefficient (Wildman–Crippen LogP) is 3.76. The Balaban J connectivity index is 2.34. The fourth-order valence-corrected chi connectivity index (χ4v) is 3.26. The van der Waals surface area contributed by atoms with Crippen LogP contribution in [0.4, 0.5) is 0 Å². The first-order valence-corrected chi connectivity index (χ1v) is 7.44. The minimum atomic E-state index is -1.91. The van der Waals surface area contributed by atoms with Gasteiger partial charge < -0.3 is 9.54 Å². The minimum absolute atomic E-state index is 0.426. The van der Waals surface area contributed by atoms with E-state index in [1.165, 1.54) is 16.1 Å². The molecule has 92 valence electrons. The van der Waals surface area contributed by atoms with Gasteiger partial charge in [-0.25, -0.2) is 4.21 Å². The van der Waals surface area contributed by atoms with E-state index in [0.29, 0.717) is 4.90 Å². The first kappa shape index (κ1) is 12.7. The Kier molecular flexibility index (Phi) is 3.91. The second-order valence-corrected chi connectivity index (χ2v) is 5.89. The Labute approximate surface area is 108 Å². The lowest BCUT2D eigenvalue weighted by molar-refractivity contribution is 0.564. The number of aromatic nitrogens is 1. The van der Waals surface area contributed by atoms with Gasteiger partial charge >= 0.3 is 0 Å². The Hall–Kier alpha value is -0.780. The van der Waals surface area contributed by atoms with E-state index >= 15 is 0 Å². The van der Waals surface area contributed by atoms with Crippen molar-refractivity contribution >= 4 is 27.7 Å². The fraction of sp³-hybridized carbons (Fsp3) is 0.333. The normalized spacial score (nSPS) is 18.2. The van der Waals surface area contributed by atoms with E-state index in [4.69, 9.17) is 4.55 Å². The number of nitrogens with one attached hydrogen (secondary N) is 1. The molecule has 2 N–H and O–H groups in total. The van der Waals surface area contributed by atoms with Gasteiger partial charge in [0.25, 0.3) is 0 Å². The van der Waals surface area contributed by atoms with Crippen LogP contribution in [0, 0.1) is 0 Å². The molecule has 5 heteroatoms. The van der Waals surface area contributed by atoms with Crippen LogP contribution in [-0.2, 0) is 11.1 Å². The molecular weight excluding hydrogens is 254 g/mol. The van der Waals surface area contributed by atoms with E-state index in [0.717, 1.165) is 18.5 Å². The summed E-state index contributed by atoms with van der Waals surface area (Å²) in [5, 5.41) is 2.14. The van der Waals surface area contributed by atoms with Gasteiger partial charge in [-0.15, -0.1) is 0 Å². The highest BCUT2D eigenvalue weighted by Gasteiger charge is 2.15. The Morgan fingerprint density at radius 1 is 1.59 bits per heavy atom. The van der Waals surface area contributed by atoms with Crippen molar-refractivity contribution in [3.8, 4) is 0 Å². The van der Waals surface area contributed by atoms with Crippen LogP contribution < -0.4 is 0 Å². The van der Waals surface area contributed by atoms with Crippen molar-refractivity contribution in [3.05, 3.63) is 34.5 Å². The van der Waals surface area contributed by atoms with Crippen LogP contribution in [-0.4, -0.2) is 13.7 Å². The summed E-state index contributed by atoms with van der Waals surface area (Å²) in [5.41, 5.74) is 3.69. The average molecular weight is 269 g/mol. The summed E-state index contributed by atoms with van der Waals surface area (Å²) in [6.07, 6.45) is 3.59. The van der Waals surface area contributed by atoms with Crippen LogP contribution in [0.15, 0.2) is 33.7 Å². The smallest absolute Gasteiger partial charge is 0.188 e. The highest BCUT2D eigenvalue weighted by molar-refractivity contribution is 8.11. The fourth-order valence-electron chi connectivity index (χ4n) is 1.85. The lowest BCUT2D eigenvalue weighted by Crippen LogP contribution is -1.94. The summed E-state index contributed by atoms with van der Waals surface area (Å²) >= 11 is -0.223. The van der Waals surface area contributed by atoms with Crippen LogP contribution in [0.25, 0.3) is 4.91 Å². The predicted molar refractivity (Wildman–Crippen MR) is 73.0 cm³/mol. The number of thioether (sulfide) groups is 1. The molecule has 1 atom stereocenters. The first-order chi connectivity index (χ1) is 8.11. The molecule has 1 aliphatic rings. The zero-order valence-electron chi connectivity index (χ0n) is 9.82. The molecule has 1 aromatic rings. The van der Waals surface area contributed by atoms with Crippen molar-refractivity contribution in [2.75, 3.05) is 0 Å². The quantitative estimate of drug-likeness (QED) is 0.821. The molecule has 0 radical (unpaired) electrons. The van der Waals surface area contributed by atoms with Crippen molar-refractivity contribution in [1.29, 1.82) is 0 Å². The summed E-state index contributed by atoms with van der Waals surface area (Å²) in [6, 6.07) is 1.75. The molecule has 2 heterocycles. The molecule has 0 aliphatic carbocycles. The van der Waals surface area contributed by atoms with Gasteiger partial charge in [0.15, 0.2) is 11.1 Å². The maximum absolute atomic E-state index is 11.0. The first-order valence-electron chi connectivity index (χ1n) is 5.45. The Bertz CT molecular complexity index is 514. The van der Waals surface area contributed by atoms with Crippen molar-refractivity contribution in [2.45, 2.75) is 31.6 Å². The SMILES string of the molecule is CCC1=C(c2cc(S(=O)O)c[nH]2)SC=C(C)C1. The third-order valence-electron chi connectivity index (χ3n) is 2.72. The van der Waals surface area contributed by atoms with E-state index < -0.39 is 11.1 Å². The topological polar surface area (TPSA) is 53.1 Å². The third kappa shape index (κ3) is 2.73. The lowest BCUT2D eigenvalue weighted by atomic mass is 10.0. The molecule has 3 nitrogen and oxygen atoms in total. The van der Waals surface area contributed by atoms with E-state index in [2.05, 4.69) is 24.2 Å². The van der Waals surface area contributed by atoms with E-state index in [1.54, 1.807) is 24.0 Å². The highest BCUT2D eigenvalue weighted by atomic mass is 32.2. The maximum Gasteiger partial charge on any atom is 0.188 e. The molecule has 0 aromatic carbocycles. The average Bonchev–Trinajstić information content (AvgIpc) is 2.78. The zero-order valence-corrected chi connectivity index (χ0v) is 11.5. The molecule has 1 unspecified atom stereocenters. The highest BCUT2D eigenvalue weighted by Crippen LogP contribution is 2.40. The van der Waals surface area contributed by atoms with Crippen molar-refractivity contribution < 1.29 is 8.76 Å². The van der Waals surface area contributed by atoms with Crippen molar-refractivity contribution in [2.24, 2.45) is 0 Å². The number of aromatic amines is 1. The molecule has 0 spiro atoms. The van der Waals surface area contributed by atoms with Gasteiger partial charge in [0.2, 0.25) is 0 Å². The maximum atomic E-state index is 11.0. The van der Waals surface area contributed by atoms with Gasteiger partial charge in [0.05, 0.1) is 10.6 Å². The van der Waals surface area contributed by atoms with Gasteiger partial charge in [0.1, 0.15) is 0 Å². The molecule has 2 rings (SSSR count). The monoisotopic (exact) mass is 269 g/mol. The largest absolute Gasteiger partial charge is 0.359 e. The van der Waals surface area contributed by atoms with Crippen LogP contribution in [0.2, 0.25) is 0 Å². The number of rotatable bonds is 3. The molecule has 0 fully saturated rings. The van der Waals surface area contributed by atoms with Gasteiger partial charge in [-0.3, -0.25) is 0 Å². The second kappa shape index (κ2) is 5.25.